The van der Waals surface area contributed by atoms with E-state index in [1.54, 1.807) is 0 Å². The summed E-state index contributed by atoms with van der Waals surface area (Å²) in [6.45, 7) is 0.704. The summed E-state index contributed by atoms with van der Waals surface area (Å²) in [6, 6.07) is 1.96. The van der Waals surface area contributed by atoms with Crippen molar-refractivity contribution in [3.8, 4) is 0 Å². The van der Waals surface area contributed by atoms with Crippen molar-refractivity contribution in [1.29, 1.82) is 0 Å². The van der Waals surface area contributed by atoms with Crippen LogP contribution in [0.4, 0.5) is 0 Å². The third kappa shape index (κ3) is 2.61. The van der Waals surface area contributed by atoms with Crippen molar-refractivity contribution in [3.05, 3.63) is 21.0 Å². The molecule has 0 saturated carbocycles. The fraction of sp³-hybridized carbons (Fsp3) is 0.429. The highest BCUT2D eigenvalue weighted by Crippen LogP contribution is 2.27. The van der Waals surface area contributed by atoms with Gasteiger partial charge in [-0.25, -0.2) is 0 Å². The summed E-state index contributed by atoms with van der Waals surface area (Å²) >= 11 is 6.60. The third-order valence-corrected chi connectivity index (χ3v) is 3.03. The Hall–Kier alpha value is 0.200. The molecule has 1 aromatic rings. The number of hydrogen-bond donors (Lipinski definition) is 1. The van der Waals surface area contributed by atoms with Crippen molar-refractivity contribution < 1.29 is 4.42 Å². The predicted octanol–water partition coefficient (Wildman–Crippen LogP) is 2.70. The number of halogens is 2. The van der Waals surface area contributed by atoms with Gasteiger partial charge in [-0.05, 0) is 50.9 Å². The molecule has 0 saturated heterocycles. The van der Waals surface area contributed by atoms with Gasteiger partial charge in [-0.1, -0.05) is 0 Å². The predicted molar refractivity (Wildman–Crippen MR) is 51.5 cm³/mol. The lowest BCUT2D eigenvalue weighted by atomic mass is 10.2. The van der Waals surface area contributed by atoms with Gasteiger partial charge in [-0.2, -0.15) is 0 Å². The average molecular weight is 283 g/mol. The largest absolute Gasteiger partial charge is 0.453 e. The van der Waals surface area contributed by atoms with Crippen LogP contribution in [0.25, 0.3) is 0 Å². The van der Waals surface area contributed by atoms with Gasteiger partial charge in [0.25, 0.3) is 0 Å². The van der Waals surface area contributed by atoms with Crippen LogP contribution in [0.3, 0.4) is 0 Å². The normalized spacial score (nSPS) is 10.5. The van der Waals surface area contributed by atoms with Crippen LogP contribution >= 0.6 is 31.9 Å². The third-order valence-electron chi connectivity index (χ3n) is 1.32. The van der Waals surface area contributed by atoms with Gasteiger partial charge in [0.2, 0.25) is 0 Å². The van der Waals surface area contributed by atoms with Crippen LogP contribution in [0.1, 0.15) is 12.2 Å². The number of hydrogen-bond acceptors (Lipinski definition) is 2. The van der Waals surface area contributed by atoms with Crippen molar-refractivity contribution in [2.45, 2.75) is 12.8 Å². The van der Waals surface area contributed by atoms with Crippen LogP contribution in [0, 0.1) is 0 Å². The van der Waals surface area contributed by atoms with Crippen molar-refractivity contribution in [2.24, 2.45) is 5.73 Å². The first-order valence-corrected chi connectivity index (χ1v) is 4.96. The van der Waals surface area contributed by atoms with E-state index in [9.17, 15) is 0 Å². The van der Waals surface area contributed by atoms with E-state index in [0.29, 0.717) is 6.54 Å². The summed E-state index contributed by atoms with van der Waals surface area (Å²) in [4.78, 5) is 0. The Kier molecular flexibility index (Phi) is 3.62. The van der Waals surface area contributed by atoms with Gasteiger partial charge < -0.3 is 10.2 Å². The molecule has 0 amide bonds. The van der Waals surface area contributed by atoms with Crippen LogP contribution in [-0.2, 0) is 6.42 Å². The highest BCUT2D eigenvalue weighted by atomic mass is 79.9. The lowest BCUT2D eigenvalue weighted by Crippen LogP contribution is -1.99. The summed E-state index contributed by atoms with van der Waals surface area (Å²) < 4.78 is 7.05. The molecule has 62 valence electrons. The fourth-order valence-corrected chi connectivity index (χ4v) is 1.45. The smallest absolute Gasteiger partial charge is 0.183 e. The summed E-state index contributed by atoms with van der Waals surface area (Å²) in [5, 5.41) is 0. The van der Waals surface area contributed by atoms with Crippen molar-refractivity contribution in [3.63, 3.8) is 0 Å². The summed E-state index contributed by atoms with van der Waals surface area (Å²) in [5.74, 6) is 0.967. The maximum atomic E-state index is 5.36. The zero-order valence-electron chi connectivity index (χ0n) is 5.94. The molecule has 0 aliphatic heterocycles. The average Bonchev–Trinajstić information content (AvgIpc) is 2.28. The van der Waals surface area contributed by atoms with Crippen molar-refractivity contribution in [2.75, 3.05) is 6.54 Å². The molecule has 2 nitrogen and oxygen atoms in total. The Labute approximate surface area is 82.4 Å². The molecule has 0 aliphatic rings. The maximum Gasteiger partial charge on any atom is 0.183 e. The Morgan fingerprint density at radius 2 is 2.18 bits per heavy atom. The number of furan rings is 1. The first-order valence-electron chi connectivity index (χ1n) is 3.38. The summed E-state index contributed by atoms with van der Waals surface area (Å²) in [5.41, 5.74) is 5.36. The molecule has 1 heterocycles. The highest BCUT2D eigenvalue weighted by molar-refractivity contribution is 9.13. The Morgan fingerprint density at radius 3 is 2.64 bits per heavy atom. The van der Waals surface area contributed by atoms with Crippen molar-refractivity contribution >= 4 is 31.9 Å². The number of nitrogens with two attached hydrogens (primary N) is 1. The van der Waals surface area contributed by atoms with Crippen LogP contribution in [0.5, 0.6) is 0 Å². The first-order chi connectivity index (χ1) is 5.24. The van der Waals surface area contributed by atoms with Gasteiger partial charge >= 0.3 is 0 Å². The second kappa shape index (κ2) is 4.28. The lowest BCUT2D eigenvalue weighted by Gasteiger charge is -1.91. The van der Waals surface area contributed by atoms with E-state index in [1.807, 2.05) is 6.07 Å². The molecule has 0 radical (unpaired) electrons. The van der Waals surface area contributed by atoms with E-state index >= 15 is 0 Å². The molecule has 1 aromatic heterocycles. The van der Waals surface area contributed by atoms with E-state index < -0.39 is 0 Å². The second-order valence-corrected chi connectivity index (χ2v) is 3.80. The monoisotopic (exact) mass is 281 g/mol. The lowest BCUT2D eigenvalue weighted by molar-refractivity contribution is 0.481. The van der Waals surface area contributed by atoms with Crippen molar-refractivity contribution in [1.82, 2.24) is 0 Å². The van der Waals surface area contributed by atoms with E-state index in [2.05, 4.69) is 31.9 Å². The molecule has 4 heteroatoms. The van der Waals surface area contributed by atoms with Crippen LogP contribution in [0.15, 0.2) is 19.6 Å². The van der Waals surface area contributed by atoms with Gasteiger partial charge in [-0.15, -0.1) is 0 Å². The second-order valence-electron chi connectivity index (χ2n) is 2.23. The maximum absolute atomic E-state index is 5.36. The molecular formula is C7H9Br2NO. The fourth-order valence-electron chi connectivity index (χ4n) is 0.791. The van der Waals surface area contributed by atoms with Gasteiger partial charge in [0.1, 0.15) is 5.76 Å². The molecule has 0 atom stereocenters. The first kappa shape index (κ1) is 9.29. The summed E-state index contributed by atoms with van der Waals surface area (Å²) in [6.07, 6.45) is 1.87. The zero-order chi connectivity index (χ0) is 8.27. The molecular weight excluding hydrogens is 274 g/mol. The SMILES string of the molecule is NCCCc1cc(Br)c(Br)o1. The van der Waals surface area contributed by atoms with E-state index in [-0.39, 0.29) is 0 Å². The van der Waals surface area contributed by atoms with Gasteiger partial charge in [0.15, 0.2) is 4.67 Å². The van der Waals surface area contributed by atoms with Gasteiger partial charge in [0.05, 0.1) is 4.47 Å². The number of aryl methyl sites for hydroxylation is 1. The Balaban J connectivity index is 2.58. The Bertz CT molecular complexity index is 215. The molecule has 11 heavy (non-hydrogen) atoms. The zero-order valence-corrected chi connectivity index (χ0v) is 9.11. The van der Waals surface area contributed by atoms with Gasteiger partial charge in [-0.3, -0.25) is 0 Å². The molecule has 2 N–H and O–H groups in total. The highest BCUT2D eigenvalue weighted by Gasteiger charge is 2.04. The minimum absolute atomic E-state index is 0.704. The quantitative estimate of drug-likeness (QED) is 0.926. The minimum atomic E-state index is 0.704. The minimum Gasteiger partial charge on any atom is -0.453 e. The molecule has 1 rings (SSSR count). The number of rotatable bonds is 3. The summed E-state index contributed by atoms with van der Waals surface area (Å²) in [7, 11) is 0. The molecule has 0 spiro atoms. The van der Waals surface area contributed by atoms with Crippen LogP contribution in [-0.4, -0.2) is 6.54 Å². The molecule has 0 aliphatic carbocycles. The Morgan fingerprint density at radius 1 is 1.45 bits per heavy atom. The molecule has 0 bridgehead atoms. The van der Waals surface area contributed by atoms with Crippen LogP contribution < -0.4 is 5.73 Å². The van der Waals surface area contributed by atoms with E-state index in [1.165, 1.54) is 0 Å². The van der Waals surface area contributed by atoms with E-state index in [4.69, 9.17) is 10.2 Å². The van der Waals surface area contributed by atoms with Gasteiger partial charge in [0, 0.05) is 6.42 Å². The molecule has 0 aromatic carbocycles. The van der Waals surface area contributed by atoms with E-state index in [0.717, 1.165) is 27.7 Å². The molecule has 0 fully saturated rings. The standard InChI is InChI=1S/C7H9Br2NO/c8-6-4-5(2-1-3-10)11-7(6)9/h4H,1-3,10H2. The topological polar surface area (TPSA) is 39.2 Å². The van der Waals surface area contributed by atoms with Crippen LogP contribution in [0.2, 0.25) is 0 Å². The molecule has 0 unspecified atom stereocenters.